The molecule has 0 unspecified atom stereocenters. The number of aryl methyl sites for hydroxylation is 1. The molecule has 2 aromatic heterocycles. The Morgan fingerprint density at radius 3 is 3.00 bits per heavy atom. The predicted octanol–water partition coefficient (Wildman–Crippen LogP) is 0.917. The third-order valence-corrected chi connectivity index (χ3v) is 2.42. The maximum absolute atomic E-state index is 11.6. The lowest BCUT2D eigenvalue weighted by Crippen LogP contribution is -2.15. The molecule has 0 amide bonds. The molecular weight excluding hydrogens is 220 g/mol. The second kappa shape index (κ2) is 4.82. The summed E-state index contributed by atoms with van der Waals surface area (Å²) in [6.07, 6.45) is 6.62. The van der Waals surface area contributed by atoms with E-state index in [4.69, 9.17) is 4.74 Å². The molecule has 1 N–H and O–H groups in total. The van der Waals surface area contributed by atoms with E-state index in [1.165, 1.54) is 13.4 Å². The van der Waals surface area contributed by atoms with E-state index in [1.807, 2.05) is 0 Å². The molecule has 0 aromatic carbocycles. The van der Waals surface area contributed by atoms with Gasteiger partial charge >= 0.3 is 0 Å². The maximum Gasteiger partial charge on any atom is 0.295 e. The second-order valence-electron chi connectivity index (χ2n) is 3.55. The van der Waals surface area contributed by atoms with Crippen LogP contribution in [0.2, 0.25) is 0 Å². The Morgan fingerprint density at radius 2 is 2.29 bits per heavy atom. The Bertz CT molecular complexity index is 559. The number of H-pyrrole nitrogens is 1. The molecule has 0 radical (unpaired) electrons. The van der Waals surface area contributed by atoms with Gasteiger partial charge in [0, 0.05) is 18.8 Å². The van der Waals surface area contributed by atoms with E-state index in [-0.39, 0.29) is 11.3 Å². The largest absolute Gasteiger partial charge is 0.488 e. The third kappa shape index (κ3) is 2.06. The van der Waals surface area contributed by atoms with Gasteiger partial charge in [0.2, 0.25) is 5.75 Å². The number of imidazole rings is 1. The van der Waals surface area contributed by atoms with Crippen LogP contribution >= 0.6 is 0 Å². The van der Waals surface area contributed by atoms with E-state index in [0.29, 0.717) is 5.82 Å². The van der Waals surface area contributed by atoms with Crippen molar-refractivity contribution in [1.82, 2.24) is 19.5 Å². The van der Waals surface area contributed by atoms with Gasteiger partial charge in [0.15, 0.2) is 5.82 Å². The monoisotopic (exact) mass is 234 g/mol. The molecule has 0 fully saturated rings. The summed E-state index contributed by atoms with van der Waals surface area (Å²) >= 11 is 0. The smallest absolute Gasteiger partial charge is 0.295 e. The van der Waals surface area contributed by atoms with Crippen LogP contribution in [0.3, 0.4) is 0 Å². The first kappa shape index (κ1) is 11.4. The highest BCUT2D eigenvalue weighted by Gasteiger charge is 2.13. The molecular formula is C11H14N4O2. The number of methoxy groups -OCH3 is 1. The van der Waals surface area contributed by atoms with E-state index >= 15 is 0 Å². The Labute approximate surface area is 98.3 Å². The molecule has 2 rings (SSSR count). The van der Waals surface area contributed by atoms with Gasteiger partial charge in [0.25, 0.3) is 5.56 Å². The van der Waals surface area contributed by atoms with Gasteiger partial charge in [-0.05, 0) is 6.42 Å². The average molecular weight is 234 g/mol. The zero-order valence-electron chi connectivity index (χ0n) is 9.80. The van der Waals surface area contributed by atoms with Crippen LogP contribution in [0.1, 0.15) is 19.2 Å². The number of rotatable bonds is 4. The second-order valence-corrected chi connectivity index (χ2v) is 3.55. The molecule has 0 aliphatic heterocycles. The molecule has 2 heterocycles. The Kier molecular flexibility index (Phi) is 3.22. The molecule has 0 aliphatic carbocycles. The molecule has 90 valence electrons. The Hall–Kier alpha value is -2.11. The number of nitrogens with one attached hydrogen (secondary N) is 1. The first-order valence-corrected chi connectivity index (χ1v) is 5.42. The van der Waals surface area contributed by atoms with Crippen molar-refractivity contribution < 1.29 is 4.74 Å². The standard InChI is InChI=1S/C11H14N4O2/c1-3-4-8-12-5-6-15(8)10-9(17-2)11(16)14-7-13-10/h5-7H,3-4H2,1-2H3,(H,13,14,16). The number of nitrogens with zero attached hydrogens (tertiary/aromatic N) is 3. The van der Waals surface area contributed by atoms with Crippen LogP contribution in [0.15, 0.2) is 23.5 Å². The summed E-state index contributed by atoms with van der Waals surface area (Å²) in [4.78, 5) is 22.4. The van der Waals surface area contributed by atoms with Gasteiger partial charge in [-0.15, -0.1) is 0 Å². The van der Waals surface area contributed by atoms with Crippen molar-refractivity contribution in [2.45, 2.75) is 19.8 Å². The van der Waals surface area contributed by atoms with Crippen LogP contribution in [0.5, 0.6) is 5.75 Å². The minimum absolute atomic E-state index is 0.197. The molecule has 0 bridgehead atoms. The minimum Gasteiger partial charge on any atom is -0.488 e. The van der Waals surface area contributed by atoms with Gasteiger partial charge in [-0.3, -0.25) is 9.36 Å². The molecule has 0 saturated heterocycles. The van der Waals surface area contributed by atoms with Gasteiger partial charge < -0.3 is 9.72 Å². The third-order valence-electron chi connectivity index (χ3n) is 2.42. The fraction of sp³-hybridized carbons (Fsp3) is 0.364. The lowest BCUT2D eigenvalue weighted by Gasteiger charge is -2.09. The fourth-order valence-electron chi connectivity index (χ4n) is 1.67. The molecule has 0 spiro atoms. The van der Waals surface area contributed by atoms with Gasteiger partial charge in [-0.1, -0.05) is 6.92 Å². The first-order valence-electron chi connectivity index (χ1n) is 5.42. The number of hydrogen-bond donors (Lipinski definition) is 1. The summed E-state index contributed by atoms with van der Waals surface area (Å²) in [6.45, 7) is 2.07. The van der Waals surface area contributed by atoms with Crippen LogP contribution < -0.4 is 10.3 Å². The van der Waals surface area contributed by atoms with Crippen LogP contribution in [-0.2, 0) is 6.42 Å². The van der Waals surface area contributed by atoms with Crippen molar-refractivity contribution in [2.75, 3.05) is 7.11 Å². The minimum atomic E-state index is -0.298. The molecule has 0 saturated carbocycles. The van der Waals surface area contributed by atoms with Gasteiger partial charge in [-0.2, -0.15) is 0 Å². The van der Waals surface area contributed by atoms with Crippen molar-refractivity contribution in [3.05, 3.63) is 34.9 Å². The van der Waals surface area contributed by atoms with E-state index < -0.39 is 0 Å². The number of ether oxygens (including phenoxy) is 1. The van der Waals surface area contributed by atoms with E-state index in [9.17, 15) is 4.79 Å². The molecule has 6 heteroatoms. The summed E-state index contributed by atoms with van der Waals surface area (Å²) in [6, 6.07) is 0. The Morgan fingerprint density at radius 1 is 1.47 bits per heavy atom. The molecule has 0 atom stereocenters. The summed E-state index contributed by atoms with van der Waals surface area (Å²) in [5.74, 6) is 1.53. The molecule has 0 aliphatic rings. The summed E-state index contributed by atoms with van der Waals surface area (Å²) in [5.41, 5.74) is -0.298. The van der Waals surface area contributed by atoms with Crippen molar-refractivity contribution in [3.8, 4) is 11.6 Å². The molecule has 6 nitrogen and oxygen atoms in total. The highest BCUT2D eigenvalue weighted by Crippen LogP contribution is 2.16. The SMILES string of the molecule is CCCc1nccn1-c1nc[nH]c(=O)c1OC. The molecule has 17 heavy (non-hydrogen) atoms. The summed E-state index contributed by atoms with van der Waals surface area (Å²) < 4.78 is 6.85. The highest BCUT2D eigenvalue weighted by atomic mass is 16.5. The predicted molar refractivity (Wildman–Crippen MR) is 62.5 cm³/mol. The normalized spacial score (nSPS) is 10.5. The maximum atomic E-state index is 11.6. The van der Waals surface area contributed by atoms with Crippen LogP contribution in [0, 0.1) is 0 Å². The number of aromatic nitrogens is 4. The lowest BCUT2D eigenvalue weighted by atomic mass is 10.3. The van der Waals surface area contributed by atoms with Crippen molar-refractivity contribution in [3.63, 3.8) is 0 Å². The van der Waals surface area contributed by atoms with Crippen LogP contribution in [0.25, 0.3) is 5.82 Å². The lowest BCUT2D eigenvalue weighted by molar-refractivity contribution is 0.403. The van der Waals surface area contributed by atoms with Crippen molar-refractivity contribution in [2.24, 2.45) is 0 Å². The average Bonchev–Trinajstić information content (AvgIpc) is 2.77. The van der Waals surface area contributed by atoms with E-state index in [0.717, 1.165) is 18.7 Å². The number of hydrogen-bond acceptors (Lipinski definition) is 4. The fourth-order valence-corrected chi connectivity index (χ4v) is 1.67. The van der Waals surface area contributed by atoms with E-state index in [2.05, 4.69) is 21.9 Å². The van der Waals surface area contributed by atoms with Crippen LogP contribution in [-0.4, -0.2) is 26.6 Å². The highest BCUT2D eigenvalue weighted by molar-refractivity contribution is 5.38. The number of aromatic amines is 1. The molecule has 2 aromatic rings. The Balaban J connectivity index is 2.56. The van der Waals surface area contributed by atoms with E-state index in [1.54, 1.807) is 17.0 Å². The van der Waals surface area contributed by atoms with Crippen molar-refractivity contribution in [1.29, 1.82) is 0 Å². The zero-order chi connectivity index (χ0) is 12.3. The van der Waals surface area contributed by atoms with Gasteiger partial charge in [0.1, 0.15) is 5.82 Å². The topological polar surface area (TPSA) is 72.8 Å². The first-order chi connectivity index (χ1) is 8.27. The van der Waals surface area contributed by atoms with Crippen molar-refractivity contribution >= 4 is 0 Å². The summed E-state index contributed by atoms with van der Waals surface area (Å²) in [7, 11) is 1.45. The summed E-state index contributed by atoms with van der Waals surface area (Å²) in [5, 5.41) is 0. The van der Waals surface area contributed by atoms with Gasteiger partial charge in [0.05, 0.1) is 13.4 Å². The quantitative estimate of drug-likeness (QED) is 0.853. The van der Waals surface area contributed by atoms with Crippen LogP contribution in [0.4, 0.5) is 0 Å². The zero-order valence-corrected chi connectivity index (χ0v) is 9.80. The van der Waals surface area contributed by atoms with Gasteiger partial charge in [-0.25, -0.2) is 9.97 Å².